The molecule has 0 heterocycles. The highest BCUT2D eigenvalue weighted by atomic mass is 16.5. The average molecular weight is 218 g/mol. The summed E-state index contributed by atoms with van der Waals surface area (Å²) in [7, 11) is 1.62. The molecule has 0 saturated carbocycles. The van der Waals surface area contributed by atoms with Gasteiger partial charge in [-0.1, -0.05) is 0 Å². The Morgan fingerprint density at radius 2 is 2.27 bits per heavy atom. The maximum atomic E-state index is 11.3. The van der Waals surface area contributed by atoms with Gasteiger partial charge in [-0.3, -0.25) is 4.79 Å². The van der Waals surface area contributed by atoms with Crippen molar-refractivity contribution in [1.82, 2.24) is 10.6 Å². The van der Waals surface area contributed by atoms with Crippen LogP contribution in [0.2, 0.25) is 0 Å². The lowest BCUT2D eigenvalue weighted by molar-refractivity contribution is -0.120. The number of amides is 1. The third kappa shape index (κ3) is 9.65. The van der Waals surface area contributed by atoms with Crippen LogP contribution in [0, 0.1) is 0 Å². The van der Waals surface area contributed by atoms with E-state index in [0.29, 0.717) is 19.7 Å². The second kappa shape index (κ2) is 9.89. The first kappa shape index (κ1) is 14.3. The van der Waals surface area contributed by atoms with Crippen molar-refractivity contribution in [3.63, 3.8) is 0 Å². The molecule has 0 aliphatic rings. The summed E-state index contributed by atoms with van der Waals surface area (Å²) in [5.41, 5.74) is 0. The smallest absolute Gasteiger partial charge is 0.234 e. The molecule has 5 heteroatoms. The van der Waals surface area contributed by atoms with E-state index in [1.807, 2.05) is 6.92 Å². The molecule has 0 aromatic heterocycles. The van der Waals surface area contributed by atoms with Crippen molar-refractivity contribution < 1.29 is 14.6 Å². The molecule has 1 unspecified atom stereocenters. The zero-order valence-corrected chi connectivity index (χ0v) is 9.58. The molecule has 0 aromatic carbocycles. The van der Waals surface area contributed by atoms with Crippen LogP contribution in [0.4, 0.5) is 0 Å². The van der Waals surface area contributed by atoms with Crippen LogP contribution in [-0.4, -0.2) is 50.5 Å². The lowest BCUT2D eigenvalue weighted by Crippen LogP contribution is -2.39. The number of hydrogen-bond donors (Lipinski definition) is 3. The van der Waals surface area contributed by atoms with Crippen molar-refractivity contribution in [3.05, 3.63) is 0 Å². The van der Waals surface area contributed by atoms with Gasteiger partial charge in [0.15, 0.2) is 0 Å². The van der Waals surface area contributed by atoms with Crippen LogP contribution in [0.25, 0.3) is 0 Å². The van der Waals surface area contributed by atoms with Crippen molar-refractivity contribution in [2.24, 2.45) is 0 Å². The van der Waals surface area contributed by atoms with E-state index >= 15 is 0 Å². The molecular weight excluding hydrogens is 196 g/mol. The van der Waals surface area contributed by atoms with Gasteiger partial charge in [-0.05, 0) is 19.8 Å². The van der Waals surface area contributed by atoms with Gasteiger partial charge < -0.3 is 20.5 Å². The SMILES string of the molecule is COCCNCC(=O)NC(C)CCCO. The summed E-state index contributed by atoms with van der Waals surface area (Å²) in [6.45, 7) is 3.70. The number of aliphatic hydroxyl groups is 1. The maximum absolute atomic E-state index is 11.3. The van der Waals surface area contributed by atoms with Crippen LogP contribution in [0.1, 0.15) is 19.8 Å². The predicted octanol–water partition coefficient (Wildman–Crippen LogP) is -0.500. The highest BCUT2D eigenvalue weighted by Crippen LogP contribution is 1.94. The largest absolute Gasteiger partial charge is 0.396 e. The molecule has 5 nitrogen and oxygen atoms in total. The summed E-state index contributed by atoms with van der Waals surface area (Å²) in [4.78, 5) is 11.3. The van der Waals surface area contributed by atoms with Gasteiger partial charge in [0, 0.05) is 26.3 Å². The van der Waals surface area contributed by atoms with Crippen LogP contribution in [0.3, 0.4) is 0 Å². The Kier molecular flexibility index (Phi) is 9.46. The van der Waals surface area contributed by atoms with E-state index in [1.165, 1.54) is 0 Å². The Morgan fingerprint density at radius 3 is 2.87 bits per heavy atom. The van der Waals surface area contributed by atoms with Crippen LogP contribution >= 0.6 is 0 Å². The van der Waals surface area contributed by atoms with Gasteiger partial charge in [-0.2, -0.15) is 0 Å². The summed E-state index contributed by atoms with van der Waals surface area (Å²) < 4.78 is 4.84. The molecule has 0 fully saturated rings. The second-order valence-electron chi connectivity index (χ2n) is 3.50. The fraction of sp³-hybridized carbons (Fsp3) is 0.900. The quantitative estimate of drug-likeness (QED) is 0.456. The minimum absolute atomic E-state index is 0.0171. The van der Waals surface area contributed by atoms with Crippen LogP contribution in [0.15, 0.2) is 0 Å². The van der Waals surface area contributed by atoms with E-state index in [2.05, 4.69) is 10.6 Å². The van der Waals surface area contributed by atoms with E-state index in [0.717, 1.165) is 12.8 Å². The van der Waals surface area contributed by atoms with Gasteiger partial charge in [-0.25, -0.2) is 0 Å². The predicted molar refractivity (Wildman–Crippen MR) is 58.7 cm³/mol. The molecule has 0 bridgehead atoms. The van der Waals surface area contributed by atoms with Crippen molar-refractivity contribution in [2.75, 3.05) is 33.4 Å². The standard InChI is InChI=1S/C10H22N2O3/c1-9(4-3-6-13)12-10(14)8-11-5-7-15-2/h9,11,13H,3-8H2,1-2H3,(H,12,14). The fourth-order valence-electron chi connectivity index (χ4n) is 1.17. The third-order valence-corrected chi connectivity index (χ3v) is 1.97. The molecule has 0 spiro atoms. The number of rotatable bonds is 9. The van der Waals surface area contributed by atoms with Gasteiger partial charge in [-0.15, -0.1) is 0 Å². The molecular formula is C10H22N2O3. The molecule has 0 saturated heterocycles. The van der Waals surface area contributed by atoms with Crippen molar-refractivity contribution in [3.8, 4) is 0 Å². The monoisotopic (exact) mass is 218 g/mol. The average Bonchev–Trinajstić information content (AvgIpc) is 2.21. The van der Waals surface area contributed by atoms with E-state index in [9.17, 15) is 4.79 Å². The number of methoxy groups -OCH3 is 1. The van der Waals surface area contributed by atoms with E-state index in [1.54, 1.807) is 7.11 Å². The lowest BCUT2D eigenvalue weighted by atomic mass is 10.2. The highest BCUT2D eigenvalue weighted by Gasteiger charge is 2.05. The Bertz CT molecular complexity index is 165. The number of hydrogen-bond acceptors (Lipinski definition) is 4. The first-order valence-corrected chi connectivity index (χ1v) is 5.30. The van der Waals surface area contributed by atoms with Crippen LogP contribution in [0.5, 0.6) is 0 Å². The summed E-state index contributed by atoms with van der Waals surface area (Å²) in [6, 6.07) is 0.119. The normalized spacial score (nSPS) is 12.5. The molecule has 0 radical (unpaired) electrons. The van der Waals surface area contributed by atoms with E-state index < -0.39 is 0 Å². The van der Waals surface area contributed by atoms with Gasteiger partial charge in [0.1, 0.15) is 0 Å². The van der Waals surface area contributed by atoms with Gasteiger partial charge >= 0.3 is 0 Å². The third-order valence-electron chi connectivity index (χ3n) is 1.97. The van der Waals surface area contributed by atoms with Crippen molar-refractivity contribution in [1.29, 1.82) is 0 Å². The van der Waals surface area contributed by atoms with Gasteiger partial charge in [0.25, 0.3) is 0 Å². The molecule has 90 valence electrons. The van der Waals surface area contributed by atoms with Gasteiger partial charge in [0.2, 0.25) is 5.91 Å². The van der Waals surface area contributed by atoms with Crippen LogP contribution < -0.4 is 10.6 Å². The first-order valence-electron chi connectivity index (χ1n) is 5.30. The summed E-state index contributed by atoms with van der Waals surface area (Å²) >= 11 is 0. The molecule has 0 rings (SSSR count). The number of aliphatic hydroxyl groups excluding tert-OH is 1. The van der Waals surface area contributed by atoms with Crippen molar-refractivity contribution in [2.45, 2.75) is 25.8 Å². The van der Waals surface area contributed by atoms with E-state index in [-0.39, 0.29) is 18.6 Å². The Hall–Kier alpha value is -0.650. The molecule has 0 aliphatic heterocycles. The number of carbonyl (C=O) groups is 1. The Labute approximate surface area is 91.2 Å². The molecule has 0 aliphatic carbocycles. The zero-order valence-electron chi connectivity index (χ0n) is 9.58. The summed E-state index contributed by atoms with van der Waals surface area (Å²) in [5.74, 6) is -0.0171. The van der Waals surface area contributed by atoms with Crippen LogP contribution in [-0.2, 0) is 9.53 Å². The molecule has 0 aromatic rings. The molecule has 15 heavy (non-hydrogen) atoms. The Morgan fingerprint density at radius 1 is 1.53 bits per heavy atom. The van der Waals surface area contributed by atoms with Crippen molar-refractivity contribution >= 4 is 5.91 Å². The lowest BCUT2D eigenvalue weighted by Gasteiger charge is -2.13. The molecule has 3 N–H and O–H groups in total. The fourth-order valence-corrected chi connectivity index (χ4v) is 1.17. The second-order valence-corrected chi connectivity index (χ2v) is 3.50. The summed E-state index contributed by atoms with van der Waals surface area (Å²) in [5, 5.41) is 14.4. The topological polar surface area (TPSA) is 70.6 Å². The highest BCUT2D eigenvalue weighted by molar-refractivity contribution is 5.78. The van der Waals surface area contributed by atoms with Gasteiger partial charge in [0.05, 0.1) is 13.2 Å². The minimum atomic E-state index is -0.0171. The molecule has 1 amide bonds. The van der Waals surface area contributed by atoms with E-state index in [4.69, 9.17) is 9.84 Å². The number of ether oxygens (including phenoxy) is 1. The number of nitrogens with one attached hydrogen (secondary N) is 2. The zero-order chi connectivity index (χ0) is 11.5. The summed E-state index contributed by atoms with van der Waals surface area (Å²) in [6.07, 6.45) is 1.53. The first-order chi connectivity index (χ1) is 7.20. The molecule has 1 atom stereocenters. The minimum Gasteiger partial charge on any atom is -0.396 e. The maximum Gasteiger partial charge on any atom is 0.234 e. The Balaban J connectivity index is 3.38. The number of carbonyl (C=O) groups excluding carboxylic acids is 1.